The lowest BCUT2D eigenvalue weighted by Crippen LogP contribution is -2.36. The first-order chi connectivity index (χ1) is 10.4. The van der Waals surface area contributed by atoms with Crippen molar-refractivity contribution < 1.29 is 4.74 Å². The molecule has 4 rings (SSSR count). The maximum Gasteiger partial charge on any atom is 0.130 e. The smallest absolute Gasteiger partial charge is 0.130 e. The Morgan fingerprint density at radius 3 is 2.67 bits per heavy atom. The number of aromatic nitrogens is 1. The van der Waals surface area contributed by atoms with Gasteiger partial charge in [-0.3, -0.25) is 4.98 Å². The zero-order valence-corrected chi connectivity index (χ0v) is 12.4. The molecule has 0 N–H and O–H groups in total. The van der Waals surface area contributed by atoms with Crippen LogP contribution in [0.3, 0.4) is 0 Å². The summed E-state index contributed by atoms with van der Waals surface area (Å²) in [5.41, 5.74) is 1.01. The van der Waals surface area contributed by atoms with Gasteiger partial charge in [-0.15, -0.1) is 0 Å². The number of likely N-dealkylation sites (tertiary alicyclic amines) is 1. The van der Waals surface area contributed by atoms with Crippen LogP contribution in [-0.2, 0) is 0 Å². The number of para-hydroxylation sites is 1. The molecule has 0 atom stereocenters. The quantitative estimate of drug-likeness (QED) is 0.858. The lowest BCUT2D eigenvalue weighted by molar-refractivity contribution is 0.137. The van der Waals surface area contributed by atoms with Gasteiger partial charge in [-0.05, 0) is 62.9 Å². The van der Waals surface area contributed by atoms with E-state index in [0.717, 1.165) is 29.3 Å². The number of benzene rings is 1. The van der Waals surface area contributed by atoms with Crippen LogP contribution in [0.5, 0.6) is 5.75 Å². The average Bonchev–Trinajstić information content (AvgIpc) is 3.38. The maximum absolute atomic E-state index is 6.11. The third-order valence-electron chi connectivity index (χ3n) is 4.80. The number of piperidine rings is 1. The largest absolute Gasteiger partial charge is 0.493 e. The maximum atomic E-state index is 6.11. The predicted molar refractivity (Wildman–Crippen MR) is 84.6 cm³/mol. The fraction of sp³-hybridized carbons (Fsp3) is 0.500. The molecule has 0 unspecified atom stereocenters. The van der Waals surface area contributed by atoms with Crippen molar-refractivity contribution in [1.82, 2.24) is 9.88 Å². The normalized spacial score (nSPS) is 20.8. The van der Waals surface area contributed by atoms with E-state index in [0.29, 0.717) is 5.92 Å². The van der Waals surface area contributed by atoms with Gasteiger partial charge < -0.3 is 9.64 Å². The van der Waals surface area contributed by atoms with Gasteiger partial charge >= 0.3 is 0 Å². The topological polar surface area (TPSA) is 25.4 Å². The van der Waals surface area contributed by atoms with Crippen molar-refractivity contribution in [2.45, 2.75) is 31.7 Å². The van der Waals surface area contributed by atoms with E-state index in [4.69, 9.17) is 4.74 Å². The first-order valence-corrected chi connectivity index (χ1v) is 8.11. The molecule has 3 nitrogen and oxygen atoms in total. The van der Waals surface area contributed by atoms with Crippen LogP contribution in [0.2, 0.25) is 0 Å². The van der Waals surface area contributed by atoms with E-state index in [1.54, 1.807) is 0 Å². The Kier molecular flexibility index (Phi) is 3.52. The van der Waals surface area contributed by atoms with Crippen LogP contribution in [0.4, 0.5) is 0 Å². The standard InChI is InChI=1S/C18H22N2O/c1-2-4-17-16(3-1)18(7-10-19-17)21-13-14-8-11-20(12-9-14)15-5-6-15/h1-4,7,10,14-15H,5-6,8-9,11-13H2. The van der Waals surface area contributed by atoms with Crippen molar-refractivity contribution in [3.05, 3.63) is 36.5 Å². The van der Waals surface area contributed by atoms with E-state index >= 15 is 0 Å². The minimum Gasteiger partial charge on any atom is -0.493 e. The van der Waals surface area contributed by atoms with Crippen molar-refractivity contribution in [2.24, 2.45) is 5.92 Å². The van der Waals surface area contributed by atoms with Gasteiger partial charge in [0.2, 0.25) is 0 Å². The van der Waals surface area contributed by atoms with Crippen LogP contribution in [-0.4, -0.2) is 35.6 Å². The molecule has 3 heteroatoms. The number of nitrogens with zero attached hydrogens (tertiary/aromatic N) is 2. The predicted octanol–water partition coefficient (Wildman–Crippen LogP) is 3.49. The number of rotatable bonds is 4. The lowest BCUT2D eigenvalue weighted by Gasteiger charge is -2.31. The molecule has 0 spiro atoms. The lowest BCUT2D eigenvalue weighted by atomic mass is 9.97. The van der Waals surface area contributed by atoms with Gasteiger partial charge in [0.05, 0.1) is 12.1 Å². The SMILES string of the molecule is c1ccc2c(OCC3CCN(C4CC4)CC3)ccnc2c1. The van der Waals surface area contributed by atoms with Gasteiger partial charge in [0.15, 0.2) is 0 Å². The van der Waals surface area contributed by atoms with E-state index in [9.17, 15) is 0 Å². The van der Waals surface area contributed by atoms with Gasteiger partial charge in [0.1, 0.15) is 5.75 Å². The summed E-state index contributed by atoms with van der Waals surface area (Å²) < 4.78 is 6.11. The first-order valence-electron chi connectivity index (χ1n) is 8.11. The Hall–Kier alpha value is -1.61. The molecule has 1 saturated carbocycles. The van der Waals surface area contributed by atoms with Gasteiger partial charge in [-0.25, -0.2) is 0 Å². The van der Waals surface area contributed by atoms with Crippen LogP contribution in [0.1, 0.15) is 25.7 Å². The molecule has 1 aromatic heterocycles. The van der Waals surface area contributed by atoms with Crippen LogP contribution >= 0.6 is 0 Å². The molecule has 1 aliphatic heterocycles. The number of pyridine rings is 1. The van der Waals surface area contributed by atoms with E-state index in [2.05, 4.69) is 16.0 Å². The van der Waals surface area contributed by atoms with E-state index in [-0.39, 0.29) is 0 Å². The average molecular weight is 282 g/mol. The van der Waals surface area contributed by atoms with Crippen molar-refractivity contribution in [1.29, 1.82) is 0 Å². The fourth-order valence-corrected chi connectivity index (χ4v) is 3.33. The second kappa shape index (κ2) is 5.64. The minimum atomic E-state index is 0.701. The molecular formula is C18H22N2O. The fourth-order valence-electron chi connectivity index (χ4n) is 3.33. The molecule has 1 saturated heterocycles. The highest BCUT2D eigenvalue weighted by atomic mass is 16.5. The summed E-state index contributed by atoms with van der Waals surface area (Å²) in [4.78, 5) is 7.05. The van der Waals surface area contributed by atoms with Crippen molar-refractivity contribution in [2.75, 3.05) is 19.7 Å². The Labute approximate surface area is 125 Å². The summed E-state index contributed by atoms with van der Waals surface area (Å²) in [6.07, 6.45) is 7.24. The Morgan fingerprint density at radius 1 is 1.05 bits per heavy atom. The summed E-state index contributed by atoms with van der Waals surface area (Å²) in [5, 5.41) is 1.12. The minimum absolute atomic E-state index is 0.701. The molecule has 110 valence electrons. The summed E-state index contributed by atoms with van der Waals surface area (Å²) in [6.45, 7) is 3.36. The second-order valence-corrected chi connectivity index (χ2v) is 6.35. The third kappa shape index (κ3) is 2.88. The Morgan fingerprint density at radius 2 is 1.86 bits per heavy atom. The monoisotopic (exact) mass is 282 g/mol. The summed E-state index contributed by atoms with van der Waals surface area (Å²) in [6, 6.07) is 11.1. The molecule has 21 heavy (non-hydrogen) atoms. The van der Waals surface area contributed by atoms with Crippen molar-refractivity contribution >= 4 is 10.9 Å². The molecule has 1 aromatic carbocycles. The van der Waals surface area contributed by atoms with Crippen molar-refractivity contribution in [3.8, 4) is 5.75 Å². The zero-order chi connectivity index (χ0) is 14.1. The molecule has 0 radical (unpaired) electrons. The van der Waals surface area contributed by atoms with Gasteiger partial charge in [-0.1, -0.05) is 12.1 Å². The molecule has 0 bridgehead atoms. The third-order valence-corrected chi connectivity index (χ3v) is 4.80. The number of ether oxygens (including phenoxy) is 1. The molecule has 2 aromatic rings. The zero-order valence-electron chi connectivity index (χ0n) is 12.4. The van der Waals surface area contributed by atoms with E-state index in [1.807, 2.05) is 30.5 Å². The molecule has 2 fully saturated rings. The van der Waals surface area contributed by atoms with Crippen molar-refractivity contribution in [3.63, 3.8) is 0 Å². The number of hydrogen-bond donors (Lipinski definition) is 0. The van der Waals surface area contributed by atoms with Gasteiger partial charge in [0.25, 0.3) is 0 Å². The highest BCUT2D eigenvalue weighted by Gasteiger charge is 2.31. The number of hydrogen-bond acceptors (Lipinski definition) is 3. The van der Waals surface area contributed by atoms with Crippen LogP contribution < -0.4 is 4.74 Å². The highest BCUT2D eigenvalue weighted by Crippen LogP contribution is 2.31. The van der Waals surface area contributed by atoms with Gasteiger partial charge in [0, 0.05) is 17.6 Å². The van der Waals surface area contributed by atoms with Crippen LogP contribution in [0, 0.1) is 5.92 Å². The molecule has 2 aliphatic rings. The van der Waals surface area contributed by atoms with E-state index < -0.39 is 0 Å². The number of fused-ring (bicyclic) bond motifs is 1. The molecule has 0 amide bonds. The van der Waals surface area contributed by atoms with Crippen LogP contribution in [0.25, 0.3) is 10.9 Å². The molecular weight excluding hydrogens is 260 g/mol. The van der Waals surface area contributed by atoms with Gasteiger partial charge in [-0.2, -0.15) is 0 Å². The Balaban J connectivity index is 1.37. The van der Waals surface area contributed by atoms with Crippen LogP contribution in [0.15, 0.2) is 36.5 Å². The summed E-state index contributed by atoms with van der Waals surface area (Å²) >= 11 is 0. The summed E-state index contributed by atoms with van der Waals surface area (Å²) in [7, 11) is 0. The molecule has 1 aliphatic carbocycles. The van der Waals surface area contributed by atoms with E-state index in [1.165, 1.54) is 38.8 Å². The Bertz CT molecular complexity index is 610. The highest BCUT2D eigenvalue weighted by molar-refractivity contribution is 5.84. The second-order valence-electron chi connectivity index (χ2n) is 6.35. The first kappa shape index (κ1) is 13.1. The molecule has 2 heterocycles. The summed E-state index contributed by atoms with van der Waals surface area (Å²) in [5.74, 6) is 1.68.